The van der Waals surface area contributed by atoms with Crippen LogP contribution in [-0.2, 0) is 4.74 Å². The first kappa shape index (κ1) is 16.2. The summed E-state index contributed by atoms with van der Waals surface area (Å²) >= 11 is 9.34. The van der Waals surface area contributed by atoms with Gasteiger partial charge in [-0.3, -0.25) is 0 Å². The van der Waals surface area contributed by atoms with Crippen molar-refractivity contribution in [2.45, 2.75) is 44.8 Å². The summed E-state index contributed by atoms with van der Waals surface area (Å²) in [6, 6.07) is 3.13. The van der Waals surface area contributed by atoms with Crippen LogP contribution in [0.5, 0.6) is 0 Å². The third-order valence-electron chi connectivity index (χ3n) is 3.67. The van der Waals surface area contributed by atoms with Crippen molar-refractivity contribution >= 4 is 27.5 Å². The minimum atomic E-state index is -0.223. The third kappa shape index (κ3) is 4.17. The first-order chi connectivity index (χ1) is 9.61. The molecule has 0 aliphatic carbocycles. The maximum Gasteiger partial charge on any atom is 0.129 e. The molecule has 2 atom stereocenters. The van der Waals surface area contributed by atoms with Crippen molar-refractivity contribution < 1.29 is 9.13 Å². The monoisotopic (exact) mass is 363 g/mol. The van der Waals surface area contributed by atoms with Crippen molar-refractivity contribution in [3.05, 3.63) is 33.0 Å². The lowest BCUT2D eigenvalue weighted by atomic mass is 9.98. The molecule has 0 spiro atoms. The van der Waals surface area contributed by atoms with Crippen LogP contribution in [0.25, 0.3) is 0 Å². The average molecular weight is 365 g/mol. The lowest BCUT2D eigenvalue weighted by Gasteiger charge is -2.21. The lowest BCUT2D eigenvalue weighted by Crippen LogP contribution is -2.23. The number of nitrogens with one attached hydrogen (secondary N) is 1. The maximum atomic E-state index is 14.1. The van der Waals surface area contributed by atoms with E-state index in [2.05, 4.69) is 21.2 Å². The number of halogens is 3. The highest BCUT2D eigenvalue weighted by molar-refractivity contribution is 9.10. The van der Waals surface area contributed by atoms with E-state index in [4.69, 9.17) is 16.3 Å². The molecule has 1 aliphatic heterocycles. The van der Waals surface area contributed by atoms with E-state index < -0.39 is 0 Å². The molecule has 20 heavy (non-hydrogen) atoms. The van der Waals surface area contributed by atoms with Gasteiger partial charge in [-0.05, 0) is 60.3 Å². The van der Waals surface area contributed by atoms with E-state index in [1.54, 1.807) is 6.07 Å². The molecule has 1 fully saturated rings. The molecule has 1 N–H and O–H groups in total. The van der Waals surface area contributed by atoms with Crippen LogP contribution in [0.4, 0.5) is 4.39 Å². The van der Waals surface area contributed by atoms with Crippen LogP contribution in [0.2, 0.25) is 5.02 Å². The molecular weight excluding hydrogens is 345 g/mol. The predicted molar refractivity (Wildman–Crippen MR) is 83.7 cm³/mol. The fraction of sp³-hybridized carbons (Fsp3) is 0.600. The highest BCUT2D eigenvalue weighted by Gasteiger charge is 2.21. The van der Waals surface area contributed by atoms with Gasteiger partial charge in [-0.15, -0.1) is 0 Å². The molecule has 0 saturated carbocycles. The average Bonchev–Trinajstić information content (AvgIpc) is 2.92. The summed E-state index contributed by atoms with van der Waals surface area (Å²) in [5.41, 5.74) is 0.637. The van der Waals surface area contributed by atoms with Crippen LogP contribution in [0, 0.1) is 5.82 Å². The second-order valence-electron chi connectivity index (χ2n) is 5.11. The van der Waals surface area contributed by atoms with Gasteiger partial charge in [0.1, 0.15) is 5.82 Å². The summed E-state index contributed by atoms with van der Waals surface area (Å²) in [5.74, 6) is -0.223. The Kier molecular flexibility index (Phi) is 6.27. The summed E-state index contributed by atoms with van der Waals surface area (Å²) in [5, 5.41) is 3.88. The Labute approximate surface area is 133 Å². The summed E-state index contributed by atoms with van der Waals surface area (Å²) in [7, 11) is 0. The molecule has 5 heteroatoms. The van der Waals surface area contributed by atoms with E-state index in [-0.39, 0.29) is 11.9 Å². The van der Waals surface area contributed by atoms with Gasteiger partial charge in [0.05, 0.1) is 11.1 Å². The number of benzene rings is 1. The smallest absolute Gasteiger partial charge is 0.129 e. The van der Waals surface area contributed by atoms with Gasteiger partial charge in [-0.1, -0.05) is 18.5 Å². The van der Waals surface area contributed by atoms with Gasteiger partial charge in [0.25, 0.3) is 0 Å². The van der Waals surface area contributed by atoms with Crippen molar-refractivity contribution in [1.82, 2.24) is 5.32 Å². The summed E-state index contributed by atoms with van der Waals surface area (Å²) < 4.78 is 20.4. The van der Waals surface area contributed by atoms with Crippen LogP contribution >= 0.6 is 27.5 Å². The Hall–Kier alpha value is -0.160. The van der Waals surface area contributed by atoms with Gasteiger partial charge in [0.15, 0.2) is 0 Å². The predicted octanol–water partition coefficient (Wildman–Crippen LogP) is 4.85. The fourth-order valence-corrected chi connectivity index (χ4v) is 3.13. The first-order valence-corrected chi connectivity index (χ1v) is 8.28. The second-order valence-corrected chi connectivity index (χ2v) is 6.37. The topological polar surface area (TPSA) is 21.3 Å². The van der Waals surface area contributed by atoms with E-state index in [0.717, 1.165) is 38.8 Å². The summed E-state index contributed by atoms with van der Waals surface area (Å²) in [6.07, 6.45) is 4.38. The van der Waals surface area contributed by atoms with Crippen molar-refractivity contribution in [2.24, 2.45) is 0 Å². The summed E-state index contributed by atoms with van der Waals surface area (Å²) in [4.78, 5) is 0. The highest BCUT2D eigenvalue weighted by Crippen LogP contribution is 2.31. The molecular formula is C15H20BrClFNO. The Balaban J connectivity index is 2.08. The van der Waals surface area contributed by atoms with Gasteiger partial charge in [-0.25, -0.2) is 4.39 Å². The van der Waals surface area contributed by atoms with Gasteiger partial charge in [0.2, 0.25) is 0 Å². The SMILES string of the molecule is CCNC(CCC1CCCO1)c1cc(Cl)c(Br)cc1F. The number of rotatable bonds is 6. The van der Waals surface area contributed by atoms with Crippen LogP contribution in [0.3, 0.4) is 0 Å². The van der Waals surface area contributed by atoms with Crippen molar-refractivity contribution in [3.8, 4) is 0 Å². The molecule has 1 aromatic rings. The molecule has 0 bridgehead atoms. The summed E-state index contributed by atoms with van der Waals surface area (Å²) in [6.45, 7) is 3.68. The van der Waals surface area contributed by atoms with Gasteiger partial charge in [-0.2, -0.15) is 0 Å². The number of hydrogen-bond donors (Lipinski definition) is 1. The van der Waals surface area contributed by atoms with Gasteiger partial charge < -0.3 is 10.1 Å². The molecule has 1 aromatic carbocycles. The molecule has 2 unspecified atom stereocenters. The normalized spacial score (nSPS) is 20.3. The van der Waals surface area contributed by atoms with Crippen LogP contribution in [-0.4, -0.2) is 19.3 Å². The Morgan fingerprint density at radius 2 is 2.35 bits per heavy atom. The molecule has 2 rings (SSSR count). The third-order valence-corrected chi connectivity index (χ3v) is 4.86. The van der Waals surface area contributed by atoms with E-state index in [1.165, 1.54) is 6.07 Å². The van der Waals surface area contributed by atoms with Crippen molar-refractivity contribution in [3.63, 3.8) is 0 Å². The van der Waals surface area contributed by atoms with Crippen LogP contribution < -0.4 is 5.32 Å². The zero-order valence-corrected chi connectivity index (χ0v) is 13.9. The van der Waals surface area contributed by atoms with Crippen LogP contribution in [0.15, 0.2) is 16.6 Å². The van der Waals surface area contributed by atoms with E-state index in [1.807, 2.05) is 6.92 Å². The molecule has 112 valence electrons. The minimum absolute atomic E-state index is 0.0187. The highest BCUT2D eigenvalue weighted by atomic mass is 79.9. The zero-order valence-electron chi connectivity index (χ0n) is 11.6. The van der Waals surface area contributed by atoms with Gasteiger partial charge in [0, 0.05) is 22.7 Å². The van der Waals surface area contributed by atoms with Crippen LogP contribution in [0.1, 0.15) is 44.2 Å². The van der Waals surface area contributed by atoms with Crippen molar-refractivity contribution in [2.75, 3.05) is 13.2 Å². The molecule has 0 aromatic heterocycles. The largest absolute Gasteiger partial charge is 0.378 e. The lowest BCUT2D eigenvalue weighted by molar-refractivity contribution is 0.0995. The standard InChI is InChI=1S/C15H20BrClFNO/c1-2-19-15(6-5-10-4-3-7-20-10)11-8-13(17)12(16)9-14(11)18/h8-10,15,19H,2-7H2,1H3. The maximum absolute atomic E-state index is 14.1. The molecule has 1 heterocycles. The number of ether oxygens (including phenoxy) is 1. The molecule has 1 aliphatic rings. The number of hydrogen-bond acceptors (Lipinski definition) is 2. The van der Waals surface area contributed by atoms with Gasteiger partial charge >= 0.3 is 0 Å². The minimum Gasteiger partial charge on any atom is -0.378 e. The molecule has 0 radical (unpaired) electrons. The Morgan fingerprint density at radius 1 is 1.55 bits per heavy atom. The fourth-order valence-electron chi connectivity index (χ4n) is 2.64. The Morgan fingerprint density at radius 3 is 3.00 bits per heavy atom. The van der Waals surface area contributed by atoms with E-state index in [0.29, 0.717) is 21.2 Å². The zero-order chi connectivity index (χ0) is 14.5. The Bertz CT molecular complexity index is 452. The quantitative estimate of drug-likeness (QED) is 0.728. The molecule has 2 nitrogen and oxygen atoms in total. The molecule has 0 amide bonds. The van der Waals surface area contributed by atoms with E-state index >= 15 is 0 Å². The van der Waals surface area contributed by atoms with E-state index in [9.17, 15) is 4.39 Å². The van der Waals surface area contributed by atoms with Crippen molar-refractivity contribution in [1.29, 1.82) is 0 Å². The first-order valence-electron chi connectivity index (χ1n) is 7.11. The molecule has 1 saturated heterocycles. The second kappa shape index (κ2) is 7.74.